The van der Waals surface area contributed by atoms with Crippen molar-refractivity contribution in [1.82, 2.24) is 9.71 Å². The van der Waals surface area contributed by atoms with Crippen LogP contribution in [0, 0.1) is 13.8 Å². The molecule has 22 heavy (non-hydrogen) atoms. The lowest BCUT2D eigenvalue weighted by molar-refractivity contribution is 0.560. The van der Waals surface area contributed by atoms with Crippen molar-refractivity contribution in [1.29, 1.82) is 0 Å². The van der Waals surface area contributed by atoms with Crippen LogP contribution < -0.4 is 4.72 Å². The Kier molecular flexibility index (Phi) is 4.03. The van der Waals surface area contributed by atoms with Gasteiger partial charge in [0.1, 0.15) is 9.73 Å². The first kappa shape index (κ1) is 15.2. The molecule has 3 rings (SSSR count). The van der Waals surface area contributed by atoms with Crippen LogP contribution in [0.4, 0.5) is 0 Å². The van der Waals surface area contributed by atoms with Crippen molar-refractivity contribution < 1.29 is 12.8 Å². The molecule has 2 heterocycles. The van der Waals surface area contributed by atoms with Crippen LogP contribution in [0.5, 0.6) is 0 Å². The van der Waals surface area contributed by atoms with Crippen LogP contribution in [0.1, 0.15) is 16.3 Å². The van der Waals surface area contributed by atoms with E-state index in [4.69, 9.17) is 4.42 Å². The molecule has 2 aromatic heterocycles. The Balaban J connectivity index is 1.66. The fourth-order valence-electron chi connectivity index (χ4n) is 2.20. The van der Waals surface area contributed by atoms with Gasteiger partial charge in [0.05, 0.1) is 0 Å². The standard InChI is InChI=1S/C15H16N2O3S2/c1-10-3-6-15(21-10)22(18,19)16-8-7-12-4-5-13-14(9-12)20-11(2)17-13/h3-6,9,16H,7-8H2,1-2H3. The van der Waals surface area contributed by atoms with Crippen LogP contribution in [0.25, 0.3) is 11.1 Å². The third kappa shape index (κ3) is 3.21. The van der Waals surface area contributed by atoms with E-state index in [0.717, 1.165) is 21.5 Å². The molecule has 0 spiro atoms. The average Bonchev–Trinajstić information content (AvgIpc) is 3.03. The number of aromatic nitrogens is 1. The van der Waals surface area contributed by atoms with Gasteiger partial charge >= 0.3 is 0 Å². The summed E-state index contributed by atoms with van der Waals surface area (Å²) >= 11 is 1.27. The van der Waals surface area contributed by atoms with Gasteiger partial charge in [0.15, 0.2) is 11.5 Å². The van der Waals surface area contributed by atoms with E-state index >= 15 is 0 Å². The fraction of sp³-hybridized carbons (Fsp3) is 0.267. The van der Waals surface area contributed by atoms with E-state index in [-0.39, 0.29) is 0 Å². The summed E-state index contributed by atoms with van der Waals surface area (Å²) in [6.45, 7) is 4.03. The molecule has 0 saturated carbocycles. The number of nitrogens with one attached hydrogen (secondary N) is 1. The Hall–Kier alpha value is -1.70. The highest BCUT2D eigenvalue weighted by Gasteiger charge is 2.15. The molecule has 116 valence electrons. The first-order chi connectivity index (χ1) is 10.4. The third-order valence-corrected chi connectivity index (χ3v) is 6.20. The van der Waals surface area contributed by atoms with Gasteiger partial charge in [-0.25, -0.2) is 18.1 Å². The van der Waals surface area contributed by atoms with Crippen molar-refractivity contribution in [2.24, 2.45) is 0 Å². The van der Waals surface area contributed by atoms with Gasteiger partial charge in [-0.05, 0) is 43.2 Å². The van der Waals surface area contributed by atoms with E-state index in [2.05, 4.69) is 9.71 Å². The summed E-state index contributed by atoms with van der Waals surface area (Å²) in [5.74, 6) is 0.626. The van der Waals surface area contributed by atoms with Crippen molar-refractivity contribution in [3.8, 4) is 0 Å². The van der Waals surface area contributed by atoms with Gasteiger partial charge < -0.3 is 4.42 Å². The molecule has 0 aliphatic heterocycles. The number of nitrogens with zero attached hydrogens (tertiary/aromatic N) is 1. The van der Waals surface area contributed by atoms with Gasteiger partial charge in [0.2, 0.25) is 10.0 Å². The zero-order chi connectivity index (χ0) is 15.7. The second-order valence-corrected chi connectivity index (χ2v) is 8.33. The Morgan fingerprint density at radius 1 is 1.23 bits per heavy atom. The molecule has 0 amide bonds. The summed E-state index contributed by atoms with van der Waals surface area (Å²) in [6.07, 6.45) is 0.597. The van der Waals surface area contributed by atoms with Gasteiger partial charge in [-0.3, -0.25) is 0 Å². The number of fused-ring (bicyclic) bond motifs is 1. The molecule has 0 saturated heterocycles. The van der Waals surface area contributed by atoms with Gasteiger partial charge in [-0.2, -0.15) is 0 Å². The van der Waals surface area contributed by atoms with Gasteiger partial charge in [-0.15, -0.1) is 11.3 Å². The third-order valence-electron chi connectivity index (χ3n) is 3.25. The lowest BCUT2D eigenvalue weighted by atomic mass is 10.1. The lowest BCUT2D eigenvalue weighted by Gasteiger charge is -2.04. The molecule has 0 atom stereocenters. The van der Waals surface area contributed by atoms with Crippen LogP contribution in [-0.4, -0.2) is 19.9 Å². The van der Waals surface area contributed by atoms with E-state index < -0.39 is 10.0 Å². The SMILES string of the molecule is Cc1nc2ccc(CCNS(=O)(=O)c3ccc(C)s3)cc2o1. The zero-order valence-electron chi connectivity index (χ0n) is 12.3. The van der Waals surface area contributed by atoms with Crippen LogP contribution >= 0.6 is 11.3 Å². The summed E-state index contributed by atoms with van der Waals surface area (Å²) in [7, 11) is -3.42. The average molecular weight is 336 g/mol. The molecule has 0 bridgehead atoms. The van der Waals surface area contributed by atoms with Crippen LogP contribution in [0.15, 0.2) is 39.0 Å². The first-order valence-corrected chi connectivity index (χ1v) is 9.16. The number of benzene rings is 1. The van der Waals surface area contributed by atoms with Crippen molar-refractivity contribution in [3.63, 3.8) is 0 Å². The molecule has 0 aliphatic carbocycles. The summed E-state index contributed by atoms with van der Waals surface area (Å²) < 4.78 is 32.7. The molecule has 0 radical (unpaired) electrons. The summed E-state index contributed by atoms with van der Waals surface area (Å²) in [6, 6.07) is 9.16. The Morgan fingerprint density at radius 2 is 2.05 bits per heavy atom. The number of hydrogen-bond donors (Lipinski definition) is 1. The molecule has 3 aromatic rings. The molecule has 1 aromatic carbocycles. The van der Waals surface area contributed by atoms with E-state index in [1.165, 1.54) is 11.3 Å². The predicted molar refractivity (Wildman–Crippen MR) is 86.7 cm³/mol. The molecular formula is C15H16N2O3S2. The Morgan fingerprint density at radius 3 is 2.77 bits per heavy atom. The smallest absolute Gasteiger partial charge is 0.250 e. The maximum Gasteiger partial charge on any atom is 0.250 e. The number of hydrogen-bond acceptors (Lipinski definition) is 5. The first-order valence-electron chi connectivity index (χ1n) is 6.86. The highest BCUT2D eigenvalue weighted by atomic mass is 32.2. The van der Waals surface area contributed by atoms with Crippen molar-refractivity contribution in [3.05, 3.63) is 46.7 Å². The van der Waals surface area contributed by atoms with E-state index in [9.17, 15) is 8.42 Å². The number of rotatable bonds is 5. The van der Waals surface area contributed by atoms with E-state index in [1.807, 2.05) is 25.1 Å². The Bertz CT molecular complexity index is 910. The van der Waals surface area contributed by atoms with Crippen molar-refractivity contribution in [2.45, 2.75) is 24.5 Å². The maximum absolute atomic E-state index is 12.1. The minimum absolute atomic E-state index is 0.345. The van der Waals surface area contributed by atoms with Crippen molar-refractivity contribution in [2.75, 3.05) is 6.54 Å². The molecular weight excluding hydrogens is 320 g/mol. The van der Waals surface area contributed by atoms with Crippen LogP contribution in [0.3, 0.4) is 0 Å². The molecule has 7 heteroatoms. The number of thiophene rings is 1. The van der Waals surface area contributed by atoms with Gasteiger partial charge in [0, 0.05) is 18.3 Å². The summed E-state index contributed by atoms with van der Waals surface area (Å²) in [5, 5.41) is 0. The molecule has 1 N–H and O–H groups in total. The zero-order valence-corrected chi connectivity index (χ0v) is 13.9. The Labute approximate surface area is 133 Å². The second kappa shape index (κ2) is 5.83. The normalized spacial score (nSPS) is 12.1. The summed E-state index contributed by atoms with van der Waals surface area (Å²) in [5.41, 5.74) is 2.55. The van der Waals surface area contributed by atoms with Gasteiger partial charge in [0.25, 0.3) is 0 Å². The predicted octanol–water partition coefficient (Wildman–Crippen LogP) is 3.03. The largest absolute Gasteiger partial charge is 0.441 e. The fourth-order valence-corrected chi connectivity index (χ4v) is 4.56. The number of aryl methyl sites for hydroxylation is 2. The quantitative estimate of drug-likeness (QED) is 0.777. The summed E-state index contributed by atoms with van der Waals surface area (Å²) in [4.78, 5) is 5.22. The number of sulfonamides is 1. The highest BCUT2D eigenvalue weighted by molar-refractivity contribution is 7.91. The minimum atomic E-state index is -3.42. The topological polar surface area (TPSA) is 72.2 Å². The van der Waals surface area contributed by atoms with Crippen molar-refractivity contribution >= 4 is 32.5 Å². The minimum Gasteiger partial charge on any atom is -0.441 e. The maximum atomic E-state index is 12.1. The van der Waals surface area contributed by atoms with E-state index in [1.54, 1.807) is 19.1 Å². The van der Waals surface area contributed by atoms with Crippen LogP contribution in [0.2, 0.25) is 0 Å². The second-order valence-electron chi connectivity index (χ2n) is 5.05. The molecule has 0 aliphatic rings. The molecule has 0 unspecified atom stereocenters. The number of oxazole rings is 1. The highest BCUT2D eigenvalue weighted by Crippen LogP contribution is 2.20. The monoisotopic (exact) mass is 336 g/mol. The molecule has 5 nitrogen and oxygen atoms in total. The molecule has 0 fully saturated rings. The lowest BCUT2D eigenvalue weighted by Crippen LogP contribution is -2.25. The van der Waals surface area contributed by atoms with Crippen LogP contribution in [-0.2, 0) is 16.4 Å². The van der Waals surface area contributed by atoms with E-state index in [0.29, 0.717) is 23.1 Å². The van der Waals surface area contributed by atoms with Gasteiger partial charge in [-0.1, -0.05) is 6.07 Å².